The van der Waals surface area contributed by atoms with Crippen molar-refractivity contribution in [3.63, 3.8) is 0 Å². The van der Waals surface area contributed by atoms with E-state index in [2.05, 4.69) is 0 Å². The Bertz CT molecular complexity index is 637. The van der Waals surface area contributed by atoms with Crippen LogP contribution in [0.15, 0.2) is 0 Å². The molecule has 8 nitrogen and oxygen atoms in total. The molecule has 22 heavy (non-hydrogen) atoms. The van der Waals surface area contributed by atoms with Gasteiger partial charge in [-0.2, -0.15) is 0 Å². The highest BCUT2D eigenvalue weighted by molar-refractivity contribution is 7.92. The lowest BCUT2D eigenvalue weighted by atomic mass is 10.3. The van der Waals surface area contributed by atoms with E-state index in [-0.39, 0.29) is 58.5 Å². The zero-order chi connectivity index (χ0) is 16.4. The highest BCUT2D eigenvalue weighted by Gasteiger charge is 2.63. The SMILES string of the molecule is O=C(O)C1[C@H]2CS(=O)(=O)C[C@@H]12.O=C(O)C1[C@H]2CS(=O)(=O)C[C@@H]12. The quantitative estimate of drug-likeness (QED) is 0.626. The molecule has 4 aliphatic rings. The van der Waals surface area contributed by atoms with Crippen molar-refractivity contribution in [3.8, 4) is 0 Å². The summed E-state index contributed by atoms with van der Waals surface area (Å²) in [4.78, 5) is 20.8. The molecule has 2 saturated carbocycles. The smallest absolute Gasteiger partial charge is 0.307 e. The van der Waals surface area contributed by atoms with E-state index in [1.165, 1.54) is 0 Å². The Morgan fingerprint density at radius 2 is 0.864 bits per heavy atom. The van der Waals surface area contributed by atoms with Crippen molar-refractivity contribution < 1.29 is 36.6 Å². The van der Waals surface area contributed by atoms with E-state index in [1.54, 1.807) is 0 Å². The lowest BCUT2D eigenvalue weighted by Crippen LogP contribution is -2.14. The maximum Gasteiger partial charge on any atom is 0.307 e. The molecule has 6 atom stereocenters. The van der Waals surface area contributed by atoms with E-state index < -0.39 is 31.6 Å². The number of carboxylic acids is 2. The van der Waals surface area contributed by atoms with Crippen molar-refractivity contribution in [2.24, 2.45) is 35.5 Å². The number of rotatable bonds is 2. The monoisotopic (exact) mass is 352 g/mol. The molecule has 0 aromatic rings. The van der Waals surface area contributed by atoms with Crippen LogP contribution in [-0.2, 0) is 29.3 Å². The molecule has 4 fully saturated rings. The van der Waals surface area contributed by atoms with E-state index in [1.807, 2.05) is 0 Å². The van der Waals surface area contributed by atoms with E-state index in [9.17, 15) is 26.4 Å². The molecule has 10 heteroatoms. The lowest BCUT2D eigenvalue weighted by Gasteiger charge is -1.97. The van der Waals surface area contributed by atoms with Crippen LogP contribution in [0.5, 0.6) is 0 Å². The van der Waals surface area contributed by atoms with Gasteiger partial charge in [0.1, 0.15) is 0 Å². The third-order valence-electron chi connectivity index (χ3n) is 5.02. The number of sulfone groups is 2. The molecule has 0 aromatic heterocycles. The highest BCUT2D eigenvalue weighted by Crippen LogP contribution is 2.53. The zero-order valence-electron chi connectivity index (χ0n) is 11.5. The number of hydrogen-bond donors (Lipinski definition) is 2. The van der Waals surface area contributed by atoms with Crippen LogP contribution in [0.4, 0.5) is 0 Å². The molecule has 2 aliphatic heterocycles. The summed E-state index contributed by atoms with van der Waals surface area (Å²) in [6.07, 6.45) is 0. The summed E-state index contributed by atoms with van der Waals surface area (Å²) < 4.78 is 43.4. The maximum absolute atomic E-state index is 10.8. The van der Waals surface area contributed by atoms with Crippen molar-refractivity contribution in [2.45, 2.75) is 0 Å². The number of hydrogen-bond acceptors (Lipinski definition) is 6. The fourth-order valence-electron chi connectivity index (χ4n) is 3.84. The molecule has 0 radical (unpaired) electrons. The fraction of sp³-hybridized carbons (Fsp3) is 0.833. The molecule has 2 aliphatic carbocycles. The van der Waals surface area contributed by atoms with Gasteiger partial charge in [-0.25, -0.2) is 16.8 Å². The average molecular weight is 352 g/mol. The van der Waals surface area contributed by atoms with Gasteiger partial charge >= 0.3 is 11.9 Å². The number of carbonyl (C=O) groups is 2. The van der Waals surface area contributed by atoms with Crippen LogP contribution in [0.25, 0.3) is 0 Å². The van der Waals surface area contributed by atoms with Crippen molar-refractivity contribution in [3.05, 3.63) is 0 Å². The molecule has 2 heterocycles. The van der Waals surface area contributed by atoms with E-state index >= 15 is 0 Å². The van der Waals surface area contributed by atoms with Crippen LogP contribution in [0.3, 0.4) is 0 Å². The summed E-state index contributed by atoms with van der Waals surface area (Å²) >= 11 is 0. The van der Waals surface area contributed by atoms with Gasteiger partial charge in [-0.05, 0) is 23.7 Å². The second-order valence-electron chi connectivity index (χ2n) is 6.54. The van der Waals surface area contributed by atoms with Gasteiger partial charge in [0.25, 0.3) is 0 Å². The molecule has 124 valence electrons. The second-order valence-corrected chi connectivity index (χ2v) is 10.8. The first-order valence-corrected chi connectivity index (χ1v) is 10.5. The summed E-state index contributed by atoms with van der Waals surface area (Å²) in [5.41, 5.74) is 0. The van der Waals surface area contributed by atoms with Crippen molar-refractivity contribution in [1.29, 1.82) is 0 Å². The average Bonchev–Trinajstić information content (AvgIpc) is 3.08. The highest BCUT2D eigenvalue weighted by atomic mass is 32.2. The minimum atomic E-state index is -2.88. The Morgan fingerprint density at radius 1 is 0.636 bits per heavy atom. The number of fused-ring (bicyclic) bond motifs is 2. The predicted molar refractivity (Wildman–Crippen MR) is 73.5 cm³/mol. The van der Waals surface area contributed by atoms with E-state index in [0.29, 0.717) is 0 Å². The molecule has 2 unspecified atom stereocenters. The van der Waals surface area contributed by atoms with Gasteiger partial charge in [-0.3, -0.25) is 9.59 Å². The minimum absolute atomic E-state index is 0.0718. The van der Waals surface area contributed by atoms with E-state index in [4.69, 9.17) is 10.2 Å². The first-order valence-electron chi connectivity index (χ1n) is 6.89. The van der Waals surface area contributed by atoms with Gasteiger partial charge in [0, 0.05) is 0 Å². The molecule has 0 aromatic carbocycles. The Labute approximate surface area is 127 Å². The standard InChI is InChI=1S/2C6H8O4S/c2*7-6(8)5-3-1-11(9,10)2-4(3)5/h2*3-5H,1-2H2,(H,7,8)/t2*3-,4+,5?. The lowest BCUT2D eigenvalue weighted by molar-refractivity contribution is -0.140. The summed E-state index contributed by atoms with van der Waals surface area (Å²) in [5, 5.41) is 17.1. The Kier molecular flexibility index (Phi) is 3.34. The third-order valence-corrected chi connectivity index (χ3v) is 8.59. The Hall–Kier alpha value is -1.16. The second kappa shape index (κ2) is 4.67. The van der Waals surface area contributed by atoms with Gasteiger partial charge in [0.15, 0.2) is 19.7 Å². The van der Waals surface area contributed by atoms with Gasteiger partial charge in [-0.15, -0.1) is 0 Å². The van der Waals surface area contributed by atoms with Crippen LogP contribution >= 0.6 is 0 Å². The molecule has 4 rings (SSSR count). The molecule has 2 saturated heterocycles. The van der Waals surface area contributed by atoms with Crippen molar-refractivity contribution >= 4 is 31.6 Å². The fourth-order valence-corrected chi connectivity index (χ4v) is 8.28. The van der Waals surface area contributed by atoms with E-state index in [0.717, 1.165) is 0 Å². The van der Waals surface area contributed by atoms with Crippen molar-refractivity contribution in [2.75, 3.05) is 23.0 Å². The first kappa shape index (κ1) is 15.7. The van der Waals surface area contributed by atoms with Gasteiger partial charge < -0.3 is 10.2 Å². The van der Waals surface area contributed by atoms with Crippen LogP contribution in [0, 0.1) is 35.5 Å². The van der Waals surface area contributed by atoms with Gasteiger partial charge in [0.2, 0.25) is 0 Å². The Balaban J connectivity index is 0.000000131. The van der Waals surface area contributed by atoms with Crippen LogP contribution < -0.4 is 0 Å². The largest absolute Gasteiger partial charge is 0.481 e. The van der Waals surface area contributed by atoms with Gasteiger partial charge in [-0.1, -0.05) is 0 Å². The number of carboxylic acid groups (broad SMARTS) is 2. The maximum atomic E-state index is 10.8. The molecular weight excluding hydrogens is 336 g/mol. The predicted octanol–water partition coefficient (Wildman–Crippen LogP) is -1.28. The summed E-state index contributed by atoms with van der Waals surface area (Å²) in [7, 11) is -5.75. The summed E-state index contributed by atoms with van der Waals surface area (Å²) in [6.45, 7) is 0. The normalized spacial score (nSPS) is 44.9. The van der Waals surface area contributed by atoms with Crippen molar-refractivity contribution in [1.82, 2.24) is 0 Å². The minimum Gasteiger partial charge on any atom is -0.481 e. The summed E-state index contributed by atoms with van der Waals surface area (Å²) in [5.74, 6) is -2.32. The summed E-state index contributed by atoms with van der Waals surface area (Å²) in [6, 6.07) is 0. The topological polar surface area (TPSA) is 143 Å². The first-order chi connectivity index (χ1) is 10.0. The van der Waals surface area contributed by atoms with Gasteiger partial charge in [0.05, 0.1) is 34.8 Å². The number of aliphatic carboxylic acids is 2. The molecule has 0 bridgehead atoms. The molecule has 2 N–H and O–H groups in total. The van der Waals surface area contributed by atoms with Crippen LogP contribution in [-0.4, -0.2) is 62.0 Å². The van der Waals surface area contributed by atoms with Crippen LogP contribution in [0.1, 0.15) is 0 Å². The van der Waals surface area contributed by atoms with Crippen LogP contribution in [0.2, 0.25) is 0 Å². The zero-order valence-corrected chi connectivity index (χ0v) is 13.1. The molecule has 0 spiro atoms. The third kappa shape index (κ3) is 2.73. The molecular formula is C12H16O8S2. The Morgan fingerprint density at radius 3 is 1.05 bits per heavy atom. The molecule has 0 amide bonds.